The minimum Gasteiger partial charge on any atom is -0.481 e. The van der Waals surface area contributed by atoms with Gasteiger partial charge in [-0.3, -0.25) is 19.3 Å². The minimum atomic E-state index is -0.896. The van der Waals surface area contributed by atoms with Crippen LogP contribution in [0.2, 0.25) is 0 Å². The maximum absolute atomic E-state index is 12.1. The number of rotatable bonds is 2. The maximum atomic E-state index is 12.1. The molecule has 20 heavy (non-hydrogen) atoms. The number of amides is 2. The van der Waals surface area contributed by atoms with E-state index in [1.54, 1.807) is 13.8 Å². The van der Waals surface area contributed by atoms with E-state index in [9.17, 15) is 19.5 Å². The molecular weight excluding hydrogens is 258 g/mol. The fourth-order valence-electron chi connectivity index (χ4n) is 3.01. The molecule has 1 saturated heterocycles. The second-order valence-electron chi connectivity index (χ2n) is 5.42. The van der Waals surface area contributed by atoms with Gasteiger partial charge >= 0.3 is 5.97 Å². The van der Waals surface area contributed by atoms with Gasteiger partial charge in [0.15, 0.2) is 0 Å². The van der Waals surface area contributed by atoms with E-state index in [4.69, 9.17) is 0 Å². The molecule has 4 atom stereocenters. The second kappa shape index (κ2) is 6.86. The molecule has 0 spiro atoms. The number of imide groups is 1. The molecule has 116 valence electrons. The van der Waals surface area contributed by atoms with Gasteiger partial charge in [0.25, 0.3) is 0 Å². The van der Waals surface area contributed by atoms with Crippen LogP contribution in [0, 0.1) is 17.8 Å². The predicted octanol–water partition coefficient (Wildman–Crippen LogP) is 2.54. The van der Waals surface area contributed by atoms with Crippen LogP contribution in [-0.4, -0.2) is 33.8 Å². The zero-order valence-electron chi connectivity index (χ0n) is 10.8. The molecule has 2 aliphatic rings. The first-order valence-corrected chi connectivity index (χ1v) is 6.55. The molecule has 0 aromatic rings. The van der Waals surface area contributed by atoms with E-state index < -0.39 is 17.9 Å². The minimum absolute atomic E-state index is 0. The standard InChI is InChI=1S/C13H19NO4.2CH4/c1-7-8(2)12(16)14(11(7)15)10-6-4-3-5-9(10)13(17)18;;/h7-10H,3-6H2,1-2H3,(H,17,18);2*1H4. The predicted molar refractivity (Wildman–Crippen MR) is 77.0 cm³/mol. The van der Waals surface area contributed by atoms with Gasteiger partial charge in [0, 0.05) is 11.8 Å². The van der Waals surface area contributed by atoms with Crippen molar-refractivity contribution in [2.45, 2.75) is 60.4 Å². The highest BCUT2D eigenvalue weighted by molar-refractivity contribution is 6.05. The van der Waals surface area contributed by atoms with Crippen molar-refractivity contribution < 1.29 is 19.5 Å². The number of carbonyl (C=O) groups is 3. The second-order valence-corrected chi connectivity index (χ2v) is 5.42. The summed E-state index contributed by atoms with van der Waals surface area (Å²) in [6.45, 7) is 3.48. The molecule has 0 aromatic heterocycles. The molecule has 2 fully saturated rings. The average Bonchev–Trinajstić information content (AvgIpc) is 2.54. The van der Waals surface area contributed by atoms with Crippen molar-refractivity contribution in [2.24, 2.45) is 17.8 Å². The van der Waals surface area contributed by atoms with E-state index >= 15 is 0 Å². The van der Waals surface area contributed by atoms with Gasteiger partial charge in [0.2, 0.25) is 11.8 Å². The number of carboxylic acid groups (broad SMARTS) is 1. The molecule has 1 heterocycles. The molecule has 1 N–H and O–H groups in total. The Kier molecular flexibility index (Phi) is 6.38. The summed E-state index contributed by atoms with van der Waals surface area (Å²) < 4.78 is 0. The largest absolute Gasteiger partial charge is 0.481 e. The smallest absolute Gasteiger partial charge is 0.308 e. The summed E-state index contributed by atoms with van der Waals surface area (Å²) in [5, 5.41) is 9.22. The van der Waals surface area contributed by atoms with Crippen molar-refractivity contribution in [3.05, 3.63) is 0 Å². The van der Waals surface area contributed by atoms with E-state index in [1.807, 2.05) is 0 Å². The van der Waals surface area contributed by atoms with Crippen LogP contribution in [-0.2, 0) is 14.4 Å². The first kappa shape index (κ1) is 18.6. The number of carbonyl (C=O) groups excluding carboxylic acids is 2. The number of aliphatic carboxylic acids is 1. The van der Waals surface area contributed by atoms with Gasteiger partial charge in [-0.25, -0.2) is 0 Å². The number of hydrogen-bond acceptors (Lipinski definition) is 3. The summed E-state index contributed by atoms with van der Waals surface area (Å²) in [4.78, 5) is 36.7. The van der Waals surface area contributed by atoms with Gasteiger partial charge in [-0.05, 0) is 12.8 Å². The molecular formula is C15H27NO4. The van der Waals surface area contributed by atoms with Crippen LogP contribution in [0.3, 0.4) is 0 Å². The lowest BCUT2D eigenvalue weighted by Gasteiger charge is -2.34. The Bertz CT molecular complexity index is 373. The molecule has 1 saturated carbocycles. The highest BCUT2D eigenvalue weighted by Crippen LogP contribution is 2.35. The molecule has 5 heteroatoms. The third-order valence-corrected chi connectivity index (χ3v) is 4.38. The lowest BCUT2D eigenvalue weighted by molar-refractivity contribution is -0.151. The summed E-state index contributed by atoms with van der Waals surface area (Å²) in [5.74, 6) is -2.55. The fraction of sp³-hybridized carbons (Fsp3) is 0.800. The number of likely N-dealkylation sites (tertiary alicyclic amines) is 1. The summed E-state index contributed by atoms with van der Waals surface area (Å²) in [5.41, 5.74) is 0. The SMILES string of the molecule is C.C.CC1C(=O)N(C2CCCCC2C(=O)O)C(=O)C1C. The Labute approximate surface area is 121 Å². The van der Waals surface area contributed by atoms with Crippen molar-refractivity contribution >= 4 is 17.8 Å². The zero-order valence-corrected chi connectivity index (χ0v) is 10.8. The van der Waals surface area contributed by atoms with Crippen LogP contribution in [0.1, 0.15) is 54.4 Å². The lowest BCUT2D eigenvalue weighted by Crippen LogP contribution is -2.48. The highest BCUT2D eigenvalue weighted by Gasteiger charge is 2.49. The van der Waals surface area contributed by atoms with Crippen molar-refractivity contribution in [1.29, 1.82) is 0 Å². The average molecular weight is 285 g/mol. The quantitative estimate of drug-likeness (QED) is 0.791. The maximum Gasteiger partial charge on any atom is 0.308 e. The summed E-state index contributed by atoms with van der Waals surface area (Å²) in [7, 11) is 0. The molecule has 2 rings (SSSR count). The topological polar surface area (TPSA) is 74.7 Å². The van der Waals surface area contributed by atoms with Crippen molar-refractivity contribution in [1.82, 2.24) is 4.90 Å². The third-order valence-electron chi connectivity index (χ3n) is 4.38. The lowest BCUT2D eigenvalue weighted by atomic mass is 9.83. The molecule has 0 radical (unpaired) electrons. The molecule has 0 bridgehead atoms. The third kappa shape index (κ3) is 2.86. The first-order valence-electron chi connectivity index (χ1n) is 6.55. The Balaban J connectivity index is 0.00000180. The Morgan fingerprint density at radius 2 is 1.50 bits per heavy atom. The van der Waals surface area contributed by atoms with Crippen molar-refractivity contribution in [3.8, 4) is 0 Å². The van der Waals surface area contributed by atoms with Crippen LogP contribution < -0.4 is 0 Å². The van der Waals surface area contributed by atoms with Crippen LogP contribution in [0.4, 0.5) is 0 Å². The Morgan fingerprint density at radius 1 is 1.05 bits per heavy atom. The van der Waals surface area contributed by atoms with E-state index in [1.165, 1.54) is 4.90 Å². The zero-order chi connectivity index (χ0) is 13.4. The molecule has 2 amide bonds. The Morgan fingerprint density at radius 3 is 1.95 bits per heavy atom. The van der Waals surface area contributed by atoms with E-state index in [0.717, 1.165) is 12.8 Å². The van der Waals surface area contributed by atoms with Crippen LogP contribution >= 0.6 is 0 Å². The number of nitrogens with zero attached hydrogens (tertiary/aromatic N) is 1. The Hall–Kier alpha value is -1.39. The van der Waals surface area contributed by atoms with Crippen LogP contribution in [0.25, 0.3) is 0 Å². The number of hydrogen-bond donors (Lipinski definition) is 1. The first-order chi connectivity index (χ1) is 8.45. The van der Waals surface area contributed by atoms with Gasteiger partial charge in [0.1, 0.15) is 0 Å². The monoisotopic (exact) mass is 285 g/mol. The van der Waals surface area contributed by atoms with E-state index in [-0.39, 0.29) is 38.5 Å². The van der Waals surface area contributed by atoms with Crippen LogP contribution in [0.5, 0.6) is 0 Å². The van der Waals surface area contributed by atoms with E-state index in [2.05, 4.69) is 0 Å². The summed E-state index contributed by atoms with van der Waals surface area (Å²) in [6, 6.07) is -0.441. The number of carboxylic acids is 1. The van der Waals surface area contributed by atoms with Gasteiger partial charge in [0.05, 0.1) is 12.0 Å². The fourth-order valence-corrected chi connectivity index (χ4v) is 3.01. The summed E-state index contributed by atoms with van der Waals surface area (Å²) in [6.07, 6.45) is 2.91. The molecule has 1 aliphatic carbocycles. The van der Waals surface area contributed by atoms with Crippen molar-refractivity contribution in [2.75, 3.05) is 0 Å². The normalized spacial score (nSPS) is 33.4. The molecule has 1 aliphatic heterocycles. The van der Waals surface area contributed by atoms with Gasteiger partial charge in [-0.15, -0.1) is 0 Å². The van der Waals surface area contributed by atoms with Crippen LogP contribution in [0.15, 0.2) is 0 Å². The summed E-state index contributed by atoms with van der Waals surface area (Å²) >= 11 is 0. The van der Waals surface area contributed by atoms with Gasteiger partial charge < -0.3 is 5.11 Å². The molecule has 0 aromatic carbocycles. The van der Waals surface area contributed by atoms with E-state index in [0.29, 0.717) is 12.8 Å². The molecule has 4 unspecified atom stereocenters. The van der Waals surface area contributed by atoms with Gasteiger partial charge in [-0.1, -0.05) is 41.5 Å². The molecule has 5 nitrogen and oxygen atoms in total. The highest BCUT2D eigenvalue weighted by atomic mass is 16.4. The van der Waals surface area contributed by atoms with Crippen molar-refractivity contribution in [3.63, 3.8) is 0 Å². The van der Waals surface area contributed by atoms with Gasteiger partial charge in [-0.2, -0.15) is 0 Å².